The van der Waals surface area contributed by atoms with Crippen molar-refractivity contribution in [1.29, 1.82) is 0 Å². The highest BCUT2D eigenvalue weighted by Gasteiger charge is 2.08. The van der Waals surface area contributed by atoms with Crippen molar-refractivity contribution in [3.63, 3.8) is 0 Å². The summed E-state index contributed by atoms with van der Waals surface area (Å²) in [4.78, 5) is 2.29. The number of rotatable bonds is 5. The number of hydrogen-bond acceptors (Lipinski definition) is 3. The van der Waals surface area contributed by atoms with Crippen LogP contribution in [0, 0.1) is 0 Å². The molecule has 6 heteroatoms. The van der Waals surface area contributed by atoms with E-state index in [0.29, 0.717) is 0 Å². The van der Waals surface area contributed by atoms with Crippen LogP contribution in [-0.4, -0.2) is 26.8 Å². The Morgan fingerprint density at radius 2 is 1.88 bits per heavy atom. The van der Waals surface area contributed by atoms with Gasteiger partial charge in [0.15, 0.2) is 0 Å². The van der Waals surface area contributed by atoms with Gasteiger partial charge in [-0.1, -0.05) is 15.9 Å². The molecule has 0 saturated heterocycles. The van der Waals surface area contributed by atoms with E-state index >= 15 is 0 Å². The number of nitrogens with zero attached hydrogens (tertiary/aromatic N) is 1. The monoisotopic (exact) mass is 306 g/mol. The number of primary sulfonamides is 1. The predicted molar refractivity (Wildman–Crippen MR) is 69.5 cm³/mol. The van der Waals surface area contributed by atoms with Crippen molar-refractivity contribution in [2.45, 2.75) is 11.8 Å². The van der Waals surface area contributed by atoms with Gasteiger partial charge in [0.1, 0.15) is 0 Å². The highest BCUT2D eigenvalue weighted by atomic mass is 79.9. The summed E-state index contributed by atoms with van der Waals surface area (Å²) >= 11 is 3.38. The molecule has 0 bridgehead atoms. The maximum absolute atomic E-state index is 11.1. The lowest BCUT2D eigenvalue weighted by atomic mass is 10.3. The minimum Gasteiger partial charge on any atom is -0.371 e. The van der Waals surface area contributed by atoms with Crippen LogP contribution < -0.4 is 10.0 Å². The fraction of sp³-hybridized carbons (Fsp3) is 0.400. The fourth-order valence-corrected chi connectivity index (χ4v) is 2.36. The van der Waals surface area contributed by atoms with Gasteiger partial charge in [-0.2, -0.15) is 0 Å². The first-order valence-electron chi connectivity index (χ1n) is 4.92. The third-order valence-corrected chi connectivity index (χ3v) is 3.55. The molecule has 0 spiro atoms. The molecule has 0 radical (unpaired) electrons. The smallest absolute Gasteiger partial charge is 0.238 e. The summed E-state index contributed by atoms with van der Waals surface area (Å²) in [5.74, 6) is 0. The van der Waals surface area contributed by atoms with Gasteiger partial charge in [-0.3, -0.25) is 0 Å². The van der Waals surface area contributed by atoms with Gasteiger partial charge in [0.05, 0.1) is 4.90 Å². The third-order valence-electron chi connectivity index (χ3n) is 2.27. The van der Waals surface area contributed by atoms with E-state index in [-0.39, 0.29) is 4.90 Å². The Morgan fingerprint density at radius 3 is 2.25 bits per heavy atom. The molecule has 1 rings (SSSR count). The fourth-order valence-electron chi connectivity index (χ4n) is 1.42. The van der Waals surface area contributed by atoms with Crippen molar-refractivity contribution >= 4 is 31.6 Å². The van der Waals surface area contributed by atoms with Crippen molar-refractivity contribution in [1.82, 2.24) is 0 Å². The quantitative estimate of drug-likeness (QED) is 0.840. The summed E-state index contributed by atoms with van der Waals surface area (Å²) in [7, 11) is -3.59. The molecular weight excluding hydrogens is 292 g/mol. The summed E-state index contributed by atoms with van der Waals surface area (Å²) in [5.41, 5.74) is 0.995. The first-order valence-corrected chi connectivity index (χ1v) is 7.59. The van der Waals surface area contributed by atoms with Gasteiger partial charge in [0, 0.05) is 24.1 Å². The van der Waals surface area contributed by atoms with Gasteiger partial charge in [0.2, 0.25) is 10.0 Å². The highest BCUT2D eigenvalue weighted by Crippen LogP contribution is 2.17. The zero-order valence-corrected chi connectivity index (χ0v) is 11.5. The molecule has 0 atom stereocenters. The standard InChI is InChI=1S/C10H15BrN2O2S/c1-2-13(8-7-11)9-3-5-10(6-4-9)16(12,14)15/h3-6H,2,7-8H2,1H3,(H2,12,14,15). The van der Waals surface area contributed by atoms with E-state index in [1.165, 1.54) is 12.1 Å². The normalized spacial score (nSPS) is 11.4. The van der Waals surface area contributed by atoms with Crippen molar-refractivity contribution in [2.75, 3.05) is 23.3 Å². The predicted octanol–water partition coefficient (Wildman–Crippen LogP) is 1.56. The number of alkyl halides is 1. The Hall–Kier alpha value is -0.590. The van der Waals surface area contributed by atoms with Crippen LogP contribution in [0.3, 0.4) is 0 Å². The highest BCUT2D eigenvalue weighted by molar-refractivity contribution is 9.09. The van der Waals surface area contributed by atoms with E-state index in [1.54, 1.807) is 12.1 Å². The van der Waals surface area contributed by atoms with Crippen LogP contribution in [0.4, 0.5) is 5.69 Å². The Morgan fingerprint density at radius 1 is 1.31 bits per heavy atom. The number of benzene rings is 1. The first-order chi connectivity index (χ1) is 7.49. The van der Waals surface area contributed by atoms with Crippen molar-refractivity contribution in [3.05, 3.63) is 24.3 Å². The molecule has 0 aromatic heterocycles. The number of nitrogens with two attached hydrogens (primary N) is 1. The topological polar surface area (TPSA) is 63.4 Å². The van der Waals surface area contributed by atoms with Crippen molar-refractivity contribution in [3.8, 4) is 0 Å². The molecule has 1 aromatic rings. The van der Waals surface area contributed by atoms with Gasteiger partial charge in [0.25, 0.3) is 0 Å². The maximum Gasteiger partial charge on any atom is 0.238 e. The Bertz CT molecular complexity index is 431. The molecule has 0 aliphatic rings. The molecule has 0 aliphatic heterocycles. The van der Waals surface area contributed by atoms with Crippen LogP contribution in [0.2, 0.25) is 0 Å². The minimum absolute atomic E-state index is 0.145. The van der Waals surface area contributed by atoms with E-state index in [4.69, 9.17) is 5.14 Å². The molecular formula is C10H15BrN2O2S. The van der Waals surface area contributed by atoms with E-state index < -0.39 is 10.0 Å². The number of hydrogen-bond donors (Lipinski definition) is 1. The molecule has 0 unspecified atom stereocenters. The average molecular weight is 307 g/mol. The first kappa shape index (κ1) is 13.5. The zero-order valence-electron chi connectivity index (χ0n) is 9.06. The van der Waals surface area contributed by atoms with Crippen molar-refractivity contribution < 1.29 is 8.42 Å². The van der Waals surface area contributed by atoms with Gasteiger partial charge in [-0.15, -0.1) is 0 Å². The summed E-state index contributed by atoms with van der Waals surface area (Å²) in [6, 6.07) is 6.60. The second kappa shape index (κ2) is 5.65. The van der Waals surface area contributed by atoms with Crippen LogP contribution in [-0.2, 0) is 10.0 Å². The molecule has 90 valence electrons. The van der Waals surface area contributed by atoms with Gasteiger partial charge < -0.3 is 4.90 Å². The molecule has 0 heterocycles. The van der Waals surface area contributed by atoms with Crippen LogP contribution in [0.15, 0.2) is 29.2 Å². The van der Waals surface area contributed by atoms with Crippen molar-refractivity contribution in [2.24, 2.45) is 5.14 Å². The molecule has 0 amide bonds. The molecule has 0 aliphatic carbocycles. The average Bonchev–Trinajstić information content (AvgIpc) is 2.25. The Labute approximate surface area is 105 Å². The summed E-state index contributed by atoms with van der Waals surface area (Å²) in [6.45, 7) is 3.81. The number of sulfonamides is 1. The summed E-state index contributed by atoms with van der Waals surface area (Å²) < 4.78 is 22.1. The summed E-state index contributed by atoms with van der Waals surface area (Å²) in [6.07, 6.45) is 0. The van der Waals surface area contributed by atoms with Gasteiger partial charge in [-0.05, 0) is 31.2 Å². The maximum atomic E-state index is 11.1. The minimum atomic E-state index is -3.59. The van der Waals surface area contributed by atoms with E-state index in [2.05, 4.69) is 27.8 Å². The lowest BCUT2D eigenvalue weighted by molar-refractivity contribution is 0.598. The lowest BCUT2D eigenvalue weighted by Crippen LogP contribution is -2.24. The van der Waals surface area contributed by atoms with Crippen LogP contribution in [0.25, 0.3) is 0 Å². The molecule has 0 fully saturated rings. The SMILES string of the molecule is CCN(CCBr)c1ccc(S(N)(=O)=O)cc1. The van der Waals surface area contributed by atoms with Gasteiger partial charge in [-0.25, -0.2) is 13.6 Å². The third kappa shape index (κ3) is 3.47. The second-order valence-corrected chi connectivity index (χ2v) is 5.66. The molecule has 1 aromatic carbocycles. The second-order valence-electron chi connectivity index (χ2n) is 3.31. The lowest BCUT2D eigenvalue weighted by Gasteiger charge is -2.22. The number of anilines is 1. The van der Waals surface area contributed by atoms with Crippen LogP contribution >= 0.6 is 15.9 Å². The largest absolute Gasteiger partial charge is 0.371 e. The number of halogens is 1. The van der Waals surface area contributed by atoms with E-state index in [0.717, 1.165) is 24.1 Å². The van der Waals surface area contributed by atoms with Crippen LogP contribution in [0.5, 0.6) is 0 Å². The van der Waals surface area contributed by atoms with Crippen LogP contribution in [0.1, 0.15) is 6.92 Å². The van der Waals surface area contributed by atoms with Gasteiger partial charge >= 0.3 is 0 Å². The molecule has 4 nitrogen and oxygen atoms in total. The zero-order chi connectivity index (χ0) is 12.2. The molecule has 16 heavy (non-hydrogen) atoms. The van der Waals surface area contributed by atoms with E-state index in [1.807, 2.05) is 0 Å². The summed E-state index contributed by atoms with van der Waals surface area (Å²) in [5, 5.41) is 5.90. The van der Waals surface area contributed by atoms with E-state index in [9.17, 15) is 8.42 Å². The Kier molecular flexibility index (Phi) is 4.76. The Balaban J connectivity index is 2.93. The molecule has 0 saturated carbocycles. The molecule has 2 N–H and O–H groups in total.